The Labute approximate surface area is 144 Å². The molecule has 0 aliphatic rings. The Balaban J connectivity index is -0.0000000368. The third-order valence-electron chi connectivity index (χ3n) is 0. The van der Waals surface area contributed by atoms with E-state index in [-0.39, 0.29) is 0 Å². The first-order valence-corrected chi connectivity index (χ1v) is 9.55. The predicted molar refractivity (Wildman–Crippen MR) is 104 cm³/mol. The van der Waals surface area contributed by atoms with E-state index in [4.69, 9.17) is 0 Å². The van der Waals surface area contributed by atoms with Crippen molar-refractivity contribution in [3.8, 4) is 0 Å². The van der Waals surface area contributed by atoms with Crippen LogP contribution in [0.25, 0.3) is 0 Å². The molecule has 0 aromatic heterocycles. The topological polar surface area (TPSA) is 38.0 Å². The Kier molecular flexibility index (Phi) is 75.2. The van der Waals surface area contributed by atoms with Crippen molar-refractivity contribution in [1.82, 2.24) is 5.32 Å². The Morgan fingerprint density at radius 2 is 1.08 bits per heavy atom. The van der Waals surface area contributed by atoms with Crippen molar-refractivity contribution in [1.29, 1.82) is 0 Å². The van der Waals surface area contributed by atoms with Crippen LogP contribution in [0.5, 0.6) is 0 Å². The Morgan fingerprint density at radius 1 is 1.08 bits per heavy atom. The molecule has 0 heterocycles. The highest BCUT2D eigenvalue weighted by Gasteiger charge is 1.76. The predicted octanol–water partition coefficient (Wildman–Crippen LogP) is 3.80. The summed E-state index contributed by atoms with van der Waals surface area (Å²) in [6.07, 6.45) is 0. The van der Waals surface area contributed by atoms with E-state index < -0.39 is 0 Å². The van der Waals surface area contributed by atoms with Gasteiger partial charge in [-0.05, 0) is 21.1 Å². The van der Waals surface area contributed by atoms with Gasteiger partial charge in [0, 0.05) is 0 Å². The lowest BCUT2D eigenvalue weighted by Gasteiger charge is -1.71. The van der Waals surface area contributed by atoms with Crippen molar-refractivity contribution in [2.75, 3.05) is 23.6 Å². The number of hydrogen-bond acceptors (Lipinski definition) is 2. The van der Waals surface area contributed by atoms with Gasteiger partial charge in [-0.15, -0.1) is 0 Å². The van der Waals surface area contributed by atoms with Crippen LogP contribution in [0.1, 0.15) is 0 Å². The molecule has 0 aromatic carbocycles. The maximum atomic E-state index is 4.50. The molecule has 7 heteroatoms. The van der Waals surface area contributed by atoms with Crippen LogP contribution in [-0.4, -0.2) is 23.5 Å². The molecule has 0 aliphatic heterocycles. The fraction of sp³-hybridized carbons (Fsp3) is 1.00. The molecule has 0 unspecified atom stereocenters. The van der Waals surface area contributed by atoms with Gasteiger partial charge in [-0.2, -0.15) is 0 Å². The third-order valence-corrected chi connectivity index (χ3v) is 0. The summed E-state index contributed by atoms with van der Waals surface area (Å²) < 4.78 is 1.93. The van der Waals surface area contributed by atoms with Gasteiger partial charge in [-0.1, -0.05) is 113 Å². The fourth-order valence-corrected chi connectivity index (χ4v) is 0. The van der Waals surface area contributed by atoms with Gasteiger partial charge in [0.1, 0.15) is -0.0619 Å². The average molecular weight is 738 g/mol. The summed E-state index contributed by atoms with van der Waals surface area (Å²) in [6.45, 7) is 0. The van der Waals surface area contributed by atoms with Crippen molar-refractivity contribution in [2.45, 2.75) is -0.0619 Å². The van der Waals surface area contributed by atoms with Gasteiger partial charge >= 0.3 is 0 Å². The molecule has 0 amide bonds. The van der Waals surface area contributed by atoms with Gasteiger partial charge in [0.2, 0.25) is 0 Å². The summed E-state index contributed by atoms with van der Waals surface area (Å²) >= 11 is 11.5. The standard InChI is InChI=1S/C2H7N.CHI3.CH2I2.CH5N/c1-3-2;2-1(3)4;2-1-3;1-2/h3H,1-2H3;1H;1H2;2H2,1H3. The molecule has 0 spiro atoms. The zero-order valence-corrected chi connectivity index (χ0v) is 18.0. The highest BCUT2D eigenvalue weighted by molar-refractivity contribution is 14.3. The highest BCUT2D eigenvalue weighted by atomic mass is 127. The Morgan fingerprint density at radius 3 is 1.08 bits per heavy atom. The lowest BCUT2D eigenvalue weighted by molar-refractivity contribution is 1.02. The molecule has 0 aromatic rings. The van der Waals surface area contributed by atoms with Crippen LogP contribution in [0.3, 0.4) is 0 Å². The van der Waals surface area contributed by atoms with Crippen molar-refractivity contribution < 1.29 is 0 Å². The minimum atomic E-state index is 0.743. The van der Waals surface area contributed by atoms with Crippen molar-refractivity contribution in [3.63, 3.8) is 0 Å². The second-order valence-corrected chi connectivity index (χ2v) is 16.2. The number of rotatable bonds is 0. The quantitative estimate of drug-likeness (QED) is 0.294. The third kappa shape index (κ3) is 168. The average Bonchev–Trinajstić information content (AvgIpc) is 1.92. The van der Waals surface area contributed by atoms with Gasteiger partial charge in [0.05, 0.1) is 2.43 Å². The molecule has 3 N–H and O–H groups in total. The smallest absolute Gasteiger partial charge is 0.114 e. The van der Waals surface area contributed by atoms with Crippen LogP contribution in [0.2, 0.25) is 0 Å². The van der Waals surface area contributed by atoms with Crippen LogP contribution in [0.4, 0.5) is 0 Å². The van der Waals surface area contributed by atoms with Crippen molar-refractivity contribution in [2.24, 2.45) is 5.73 Å². The zero-order valence-electron chi connectivity index (χ0n) is 7.25. The van der Waals surface area contributed by atoms with Gasteiger partial charge in [0.15, 0.2) is 0 Å². The second-order valence-electron chi connectivity index (χ2n) is 0.848. The summed E-state index contributed by atoms with van der Waals surface area (Å²) in [5.74, 6) is 0. The summed E-state index contributed by atoms with van der Waals surface area (Å²) in [7, 11) is 5.25. The summed E-state index contributed by atoms with van der Waals surface area (Å²) in [4.78, 5) is 0. The molecule has 0 aliphatic carbocycles. The van der Waals surface area contributed by atoms with Gasteiger partial charge in [-0.25, -0.2) is 0 Å². The fourth-order valence-electron chi connectivity index (χ4n) is 0. The minimum absolute atomic E-state index is 0.743. The van der Waals surface area contributed by atoms with E-state index >= 15 is 0 Å². The molecule has 12 heavy (non-hydrogen) atoms. The first-order chi connectivity index (χ1) is 5.56. The largest absolute Gasteiger partial charge is 0.333 e. The monoisotopic (exact) mass is 738 g/mol. The molecule has 80 valence electrons. The minimum Gasteiger partial charge on any atom is -0.333 e. The van der Waals surface area contributed by atoms with Crippen molar-refractivity contribution in [3.05, 3.63) is 0 Å². The number of alkyl halides is 5. The van der Waals surface area contributed by atoms with E-state index in [9.17, 15) is 0 Å². The summed E-state index contributed by atoms with van der Waals surface area (Å²) in [5.41, 5.74) is 4.50. The maximum absolute atomic E-state index is 4.50. The highest BCUT2D eigenvalue weighted by Crippen LogP contribution is 2.16. The van der Waals surface area contributed by atoms with Gasteiger partial charge in [-0.3, -0.25) is 0 Å². The molecule has 0 atom stereocenters. The molecular weight excluding hydrogens is 723 g/mol. The molecule has 0 bridgehead atoms. The van der Waals surface area contributed by atoms with Crippen LogP contribution >= 0.6 is 113 Å². The van der Waals surface area contributed by atoms with Gasteiger partial charge in [0.25, 0.3) is 0 Å². The summed E-state index contributed by atoms with van der Waals surface area (Å²) in [5, 5.41) is 2.75. The number of halogens is 5. The number of nitrogens with two attached hydrogens (primary N) is 1. The van der Waals surface area contributed by atoms with Crippen LogP contribution in [0.15, 0.2) is 0 Å². The Bertz CT molecular complexity index is 34.3. The second kappa shape index (κ2) is 36.5. The zero-order chi connectivity index (χ0) is 11.0. The van der Waals surface area contributed by atoms with E-state index in [1.54, 1.807) is 0 Å². The van der Waals surface area contributed by atoms with E-state index in [0.717, 1.165) is -0.0619 Å². The van der Waals surface area contributed by atoms with Crippen LogP contribution in [0, 0.1) is 0 Å². The Hall–Kier alpha value is 3.57. The SMILES string of the molecule is CN.CNC.IC(I)I.ICI. The lowest BCUT2D eigenvalue weighted by atomic mass is 11.3. The molecule has 0 saturated carbocycles. The van der Waals surface area contributed by atoms with Gasteiger partial charge < -0.3 is 11.1 Å². The molecule has 0 rings (SSSR count). The summed E-state index contributed by atoms with van der Waals surface area (Å²) in [6, 6.07) is 0. The van der Waals surface area contributed by atoms with E-state index in [0.29, 0.717) is 0 Å². The van der Waals surface area contributed by atoms with E-state index in [1.807, 2.05) is 14.1 Å². The van der Waals surface area contributed by atoms with E-state index in [1.165, 1.54) is 9.48 Å². The molecule has 2 nitrogen and oxygen atoms in total. The van der Waals surface area contributed by atoms with Crippen LogP contribution < -0.4 is 11.1 Å². The first-order valence-electron chi connectivity index (χ1n) is 2.77. The molecule has 0 radical (unpaired) electrons. The van der Waals surface area contributed by atoms with E-state index in [2.05, 4.69) is 124 Å². The van der Waals surface area contributed by atoms with Crippen molar-refractivity contribution >= 4 is 113 Å². The first kappa shape index (κ1) is 24.7. The maximum Gasteiger partial charge on any atom is 0.114 e. The molecular formula is C5H15I5N2. The molecule has 0 fully saturated rings. The van der Waals surface area contributed by atoms with Crippen LogP contribution in [-0.2, 0) is 0 Å². The number of hydrogen-bond donors (Lipinski definition) is 2. The number of nitrogens with one attached hydrogen (secondary N) is 1. The molecule has 0 saturated heterocycles. The normalized spacial score (nSPS) is 6.50. The lowest BCUT2D eigenvalue weighted by Crippen LogP contribution is -1.89.